The van der Waals surface area contributed by atoms with Crippen molar-refractivity contribution in [2.45, 2.75) is 38.3 Å². The summed E-state index contributed by atoms with van der Waals surface area (Å²) in [5.74, 6) is 0.145. The van der Waals surface area contributed by atoms with E-state index in [0.29, 0.717) is 18.4 Å². The van der Waals surface area contributed by atoms with Gasteiger partial charge in [0.25, 0.3) is 0 Å². The molecule has 2 aromatic rings. The molecular weight excluding hydrogens is 299 g/mol. The van der Waals surface area contributed by atoms with E-state index in [1.807, 2.05) is 25.1 Å². The minimum atomic E-state index is -4.31. The number of aryl methyl sites for hydroxylation is 1. The molecule has 118 valence electrons. The summed E-state index contributed by atoms with van der Waals surface area (Å²) >= 11 is 0. The summed E-state index contributed by atoms with van der Waals surface area (Å²) in [6, 6.07) is 12.1. The first-order valence-electron chi connectivity index (χ1n) is 7.64. The maximum absolute atomic E-state index is 13.1. The van der Waals surface area contributed by atoms with E-state index in [9.17, 15) is 13.2 Å². The molecule has 0 bridgehead atoms. The number of nitriles is 1. The molecule has 0 spiro atoms. The summed E-state index contributed by atoms with van der Waals surface area (Å²) in [4.78, 5) is 0. The third kappa shape index (κ3) is 2.96. The number of hydrogen-bond donors (Lipinski definition) is 0. The Labute approximate surface area is 133 Å². The van der Waals surface area contributed by atoms with Crippen LogP contribution in [0.2, 0.25) is 0 Å². The van der Waals surface area contributed by atoms with Gasteiger partial charge in [-0.2, -0.15) is 18.4 Å². The van der Waals surface area contributed by atoms with Crippen LogP contribution in [-0.2, 0) is 25.4 Å². The van der Waals surface area contributed by atoms with Gasteiger partial charge in [0, 0.05) is 0 Å². The zero-order valence-corrected chi connectivity index (χ0v) is 12.7. The van der Waals surface area contributed by atoms with Gasteiger partial charge in [0.05, 0.1) is 17.2 Å². The van der Waals surface area contributed by atoms with Gasteiger partial charge in [-0.3, -0.25) is 0 Å². The molecule has 1 nitrogen and oxygen atoms in total. The molecule has 2 aromatic carbocycles. The Morgan fingerprint density at radius 1 is 1.17 bits per heavy atom. The summed E-state index contributed by atoms with van der Waals surface area (Å²) in [6.07, 6.45) is -2.37. The van der Waals surface area contributed by atoms with Gasteiger partial charge in [-0.25, -0.2) is 0 Å². The van der Waals surface area contributed by atoms with Gasteiger partial charge in [-0.05, 0) is 71.7 Å². The summed E-state index contributed by atoms with van der Waals surface area (Å²) in [5.41, 5.74) is 3.69. The zero-order chi connectivity index (χ0) is 16.6. The predicted molar refractivity (Wildman–Crippen MR) is 82.1 cm³/mol. The number of benzene rings is 2. The van der Waals surface area contributed by atoms with Crippen molar-refractivity contribution in [2.24, 2.45) is 0 Å². The highest BCUT2D eigenvalue weighted by molar-refractivity contribution is 5.47. The van der Waals surface area contributed by atoms with Crippen molar-refractivity contribution in [3.63, 3.8) is 0 Å². The fraction of sp³-hybridized carbons (Fsp3) is 0.316. The fourth-order valence-electron chi connectivity index (χ4n) is 3.40. The van der Waals surface area contributed by atoms with Gasteiger partial charge >= 0.3 is 6.18 Å². The quantitative estimate of drug-likeness (QED) is 0.763. The summed E-state index contributed by atoms with van der Waals surface area (Å²) in [6.45, 7) is 1.89. The topological polar surface area (TPSA) is 23.8 Å². The van der Waals surface area contributed by atoms with E-state index >= 15 is 0 Å². The average Bonchev–Trinajstić information content (AvgIpc) is 2.97. The van der Waals surface area contributed by atoms with Gasteiger partial charge in [0.15, 0.2) is 0 Å². The third-order valence-electron chi connectivity index (χ3n) is 4.55. The molecule has 0 radical (unpaired) electrons. The Hall–Kier alpha value is -2.28. The highest BCUT2D eigenvalue weighted by Crippen LogP contribution is 2.40. The SMILES string of the molecule is CCc1cc(C(F)(F)F)cc2c1C[C@H](c1cccc(C#N)c1)C2. The maximum atomic E-state index is 13.1. The number of halogens is 3. The van der Waals surface area contributed by atoms with E-state index in [-0.39, 0.29) is 5.92 Å². The lowest BCUT2D eigenvalue weighted by Gasteiger charge is -2.12. The van der Waals surface area contributed by atoms with Crippen molar-refractivity contribution >= 4 is 0 Å². The van der Waals surface area contributed by atoms with Crippen LogP contribution in [0.15, 0.2) is 36.4 Å². The fourth-order valence-corrected chi connectivity index (χ4v) is 3.40. The monoisotopic (exact) mass is 315 g/mol. The van der Waals surface area contributed by atoms with Crippen molar-refractivity contribution in [1.29, 1.82) is 5.26 Å². The van der Waals surface area contributed by atoms with Gasteiger partial charge in [0.1, 0.15) is 0 Å². The minimum Gasteiger partial charge on any atom is -0.192 e. The van der Waals surface area contributed by atoms with Crippen molar-refractivity contribution in [1.82, 2.24) is 0 Å². The highest BCUT2D eigenvalue weighted by atomic mass is 19.4. The first-order valence-corrected chi connectivity index (χ1v) is 7.64. The standard InChI is InChI=1S/C19H16F3N/c1-2-13-8-17(19(20,21)22)9-16-7-15(10-18(13)16)14-5-3-4-12(6-14)11-23/h3-6,8-9,15H,2,7,10H2,1H3/t15-/m1/s1. The van der Waals surface area contributed by atoms with E-state index < -0.39 is 11.7 Å². The molecule has 0 fully saturated rings. The van der Waals surface area contributed by atoms with Crippen molar-refractivity contribution < 1.29 is 13.2 Å². The van der Waals surface area contributed by atoms with Crippen LogP contribution in [0.4, 0.5) is 13.2 Å². The minimum absolute atomic E-state index is 0.145. The average molecular weight is 315 g/mol. The highest BCUT2D eigenvalue weighted by Gasteiger charge is 2.34. The Bertz CT molecular complexity index is 784. The Balaban J connectivity index is 1.98. The van der Waals surface area contributed by atoms with Gasteiger partial charge in [-0.1, -0.05) is 19.1 Å². The molecule has 0 aromatic heterocycles. The summed E-state index contributed by atoms with van der Waals surface area (Å²) in [5, 5.41) is 9.01. The molecule has 1 aliphatic carbocycles. The summed E-state index contributed by atoms with van der Waals surface area (Å²) in [7, 11) is 0. The van der Waals surface area contributed by atoms with Crippen LogP contribution in [0.25, 0.3) is 0 Å². The van der Waals surface area contributed by atoms with Crippen LogP contribution in [0, 0.1) is 11.3 Å². The molecular formula is C19H16F3N. The third-order valence-corrected chi connectivity index (χ3v) is 4.55. The van der Waals surface area contributed by atoms with Gasteiger partial charge in [-0.15, -0.1) is 0 Å². The molecule has 0 amide bonds. The molecule has 0 aliphatic heterocycles. The molecule has 0 saturated heterocycles. The molecule has 0 N–H and O–H groups in total. The number of fused-ring (bicyclic) bond motifs is 1. The second-order valence-corrected chi connectivity index (χ2v) is 5.97. The van der Waals surface area contributed by atoms with E-state index in [1.165, 1.54) is 12.1 Å². The lowest BCUT2D eigenvalue weighted by molar-refractivity contribution is -0.137. The van der Waals surface area contributed by atoms with Crippen molar-refractivity contribution in [3.8, 4) is 6.07 Å². The van der Waals surface area contributed by atoms with Crippen LogP contribution >= 0.6 is 0 Å². The Morgan fingerprint density at radius 3 is 2.61 bits per heavy atom. The first-order chi connectivity index (χ1) is 10.9. The van der Waals surface area contributed by atoms with Crippen LogP contribution in [0.5, 0.6) is 0 Å². The van der Waals surface area contributed by atoms with E-state index in [2.05, 4.69) is 6.07 Å². The van der Waals surface area contributed by atoms with Crippen LogP contribution in [0.1, 0.15) is 46.2 Å². The van der Waals surface area contributed by atoms with Gasteiger partial charge in [0.2, 0.25) is 0 Å². The summed E-state index contributed by atoms with van der Waals surface area (Å²) < 4.78 is 39.2. The normalized spacial score (nSPS) is 16.9. The Morgan fingerprint density at radius 2 is 1.96 bits per heavy atom. The smallest absolute Gasteiger partial charge is 0.192 e. The van der Waals surface area contributed by atoms with Crippen LogP contribution in [0.3, 0.4) is 0 Å². The van der Waals surface area contributed by atoms with E-state index in [4.69, 9.17) is 5.26 Å². The molecule has 1 aliphatic rings. The van der Waals surface area contributed by atoms with Crippen LogP contribution in [-0.4, -0.2) is 0 Å². The van der Waals surface area contributed by atoms with E-state index in [1.54, 1.807) is 6.07 Å². The molecule has 0 saturated carbocycles. The second-order valence-electron chi connectivity index (χ2n) is 5.97. The second kappa shape index (κ2) is 5.73. The lowest BCUT2D eigenvalue weighted by atomic mass is 9.94. The molecule has 0 heterocycles. The molecule has 23 heavy (non-hydrogen) atoms. The van der Waals surface area contributed by atoms with Gasteiger partial charge < -0.3 is 0 Å². The molecule has 4 heteroatoms. The Kier molecular flexibility index (Phi) is 3.89. The van der Waals surface area contributed by atoms with Crippen molar-refractivity contribution in [2.75, 3.05) is 0 Å². The number of hydrogen-bond acceptors (Lipinski definition) is 1. The zero-order valence-electron chi connectivity index (χ0n) is 12.7. The number of nitrogens with zero attached hydrogens (tertiary/aromatic N) is 1. The molecule has 3 rings (SSSR count). The largest absolute Gasteiger partial charge is 0.416 e. The first kappa shape index (κ1) is 15.6. The predicted octanol–water partition coefficient (Wildman–Crippen LogP) is 5.02. The lowest BCUT2D eigenvalue weighted by Crippen LogP contribution is -2.07. The maximum Gasteiger partial charge on any atom is 0.416 e. The van der Waals surface area contributed by atoms with Crippen molar-refractivity contribution in [3.05, 3.63) is 69.8 Å². The number of alkyl halides is 3. The van der Waals surface area contributed by atoms with E-state index in [0.717, 1.165) is 28.7 Å². The molecule has 1 atom stereocenters. The molecule has 0 unspecified atom stereocenters. The van der Waals surface area contributed by atoms with Crippen LogP contribution < -0.4 is 0 Å². The number of rotatable bonds is 2.